The molecule has 0 spiro atoms. The lowest BCUT2D eigenvalue weighted by atomic mass is 9.74. The zero-order valence-electron chi connectivity index (χ0n) is 17.1. The summed E-state index contributed by atoms with van der Waals surface area (Å²) < 4.78 is 11.6. The van der Waals surface area contributed by atoms with Gasteiger partial charge in [-0.3, -0.25) is 14.5 Å². The van der Waals surface area contributed by atoms with Crippen LogP contribution in [0.5, 0.6) is 5.75 Å². The second kappa shape index (κ2) is 7.27. The number of hydrogen-bond acceptors (Lipinski definition) is 5. The summed E-state index contributed by atoms with van der Waals surface area (Å²) in [6, 6.07) is 12.3. The number of carbonyl (C=O) groups excluding carboxylic acids is 2. The Bertz CT molecular complexity index is 1030. The molecule has 1 aromatic heterocycles. The van der Waals surface area contributed by atoms with E-state index in [1.165, 1.54) is 0 Å². The summed E-state index contributed by atoms with van der Waals surface area (Å²) in [4.78, 5) is 33.1. The number of amides is 1. The zero-order valence-corrected chi connectivity index (χ0v) is 17.1. The molecule has 6 heteroatoms. The van der Waals surface area contributed by atoms with Gasteiger partial charge < -0.3 is 9.47 Å². The third-order valence-corrected chi connectivity index (χ3v) is 6.42. The van der Waals surface area contributed by atoms with Crippen molar-refractivity contribution in [3.8, 4) is 5.75 Å². The van der Waals surface area contributed by atoms with Crippen molar-refractivity contribution in [2.45, 2.75) is 38.3 Å². The lowest BCUT2D eigenvalue weighted by Crippen LogP contribution is -2.41. The number of anilines is 1. The summed E-state index contributed by atoms with van der Waals surface area (Å²) in [6.45, 7) is 2.17. The van der Waals surface area contributed by atoms with E-state index in [9.17, 15) is 9.59 Å². The molecule has 0 N–H and O–H groups in total. The van der Waals surface area contributed by atoms with Gasteiger partial charge in [0, 0.05) is 6.20 Å². The Morgan fingerprint density at radius 3 is 2.77 bits per heavy atom. The highest BCUT2D eigenvalue weighted by Crippen LogP contribution is 2.48. The molecule has 1 fully saturated rings. The first-order valence-corrected chi connectivity index (χ1v) is 10.4. The number of ketones is 1. The van der Waals surface area contributed by atoms with Crippen molar-refractivity contribution < 1.29 is 19.1 Å². The third-order valence-electron chi connectivity index (χ3n) is 6.42. The Kier molecular flexibility index (Phi) is 4.57. The molecule has 3 heterocycles. The van der Waals surface area contributed by atoms with Gasteiger partial charge in [-0.25, -0.2) is 4.98 Å². The lowest BCUT2D eigenvalue weighted by Gasteiger charge is -2.37. The van der Waals surface area contributed by atoms with E-state index >= 15 is 0 Å². The molecule has 0 radical (unpaired) electrons. The number of methoxy groups -OCH3 is 1. The summed E-state index contributed by atoms with van der Waals surface area (Å²) in [5.74, 6) is 1.36. The largest absolute Gasteiger partial charge is 0.497 e. The molecule has 30 heavy (non-hydrogen) atoms. The van der Waals surface area contributed by atoms with Crippen LogP contribution >= 0.6 is 0 Å². The average molecular weight is 404 g/mol. The Morgan fingerprint density at radius 1 is 1.13 bits per heavy atom. The molecule has 0 bridgehead atoms. The summed E-state index contributed by atoms with van der Waals surface area (Å²) >= 11 is 0. The third kappa shape index (κ3) is 2.90. The number of hydrogen-bond donors (Lipinski definition) is 0. The molecule has 1 aliphatic carbocycles. The summed E-state index contributed by atoms with van der Waals surface area (Å²) in [7, 11) is 1.60. The number of nitrogens with zero attached hydrogens (tertiary/aromatic N) is 2. The van der Waals surface area contributed by atoms with Gasteiger partial charge in [0.25, 0.3) is 5.91 Å². The summed E-state index contributed by atoms with van der Waals surface area (Å²) in [5.41, 5.74) is 1.26. The van der Waals surface area contributed by atoms with E-state index in [4.69, 9.17) is 9.47 Å². The lowest BCUT2D eigenvalue weighted by molar-refractivity contribution is -0.132. The first-order valence-electron chi connectivity index (χ1n) is 10.4. The molecule has 2 aliphatic heterocycles. The van der Waals surface area contributed by atoms with Crippen LogP contribution in [-0.2, 0) is 14.3 Å². The van der Waals surface area contributed by atoms with E-state index in [1.807, 2.05) is 30.3 Å². The molecular formula is C24H24N2O4. The molecule has 0 saturated heterocycles. The molecule has 1 saturated carbocycles. The predicted molar refractivity (Wildman–Crippen MR) is 111 cm³/mol. The molecule has 1 aromatic carbocycles. The smallest absolute Gasteiger partial charge is 0.295 e. The normalized spacial score (nSPS) is 28.1. The minimum atomic E-state index is -0.580. The number of rotatable bonds is 3. The molecule has 4 unspecified atom stereocenters. The van der Waals surface area contributed by atoms with Crippen LogP contribution in [0.3, 0.4) is 0 Å². The van der Waals surface area contributed by atoms with Gasteiger partial charge in [0.15, 0.2) is 11.5 Å². The number of fused-ring (bicyclic) bond motifs is 1. The molecule has 1 amide bonds. The van der Waals surface area contributed by atoms with Crippen molar-refractivity contribution in [3.05, 3.63) is 65.6 Å². The second-order valence-electron chi connectivity index (χ2n) is 8.33. The molecular weight excluding hydrogens is 380 g/mol. The summed E-state index contributed by atoms with van der Waals surface area (Å²) in [6.07, 6.45) is 4.03. The van der Waals surface area contributed by atoms with Gasteiger partial charge >= 0.3 is 0 Å². The number of pyridine rings is 1. The maximum Gasteiger partial charge on any atom is 0.295 e. The number of ether oxygens (including phenoxy) is 2. The van der Waals surface area contributed by atoms with Crippen LogP contribution in [0.15, 0.2) is 60.0 Å². The van der Waals surface area contributed by atoms with E-state index in [0.29, 0.717) is 23.1 Å². The van der Waals surface area contributed by atoms with Crippen LogP contribution in [0.25, 0.3) is 0 Å². The van der Waals surface area contributed by atoms with Crippen molar-refractivity contribution in [1.82, 2.24) is 4.98 Å². The van der Waals surface area contributed by atoms with Crippen LogP contribution < -0.4 is 9.64 Å². The van der Waals surface area contributed by atoms with Crippen molar-refractivity contribution in [2.24, 2.45) is 11.8 Å². The highest BCUT2D eigenvalue weighted by atomic mass is 16.5. The summed E-state index contributed by atoms with van der Waals surface area (Å²) in [5, 5.41) is 0. The van der Waals surface area contributed by atoms with Crippen molar-refractivity contribution in [2.75, 3.05) is 12.0 Å². The second-order valence-corrected chi connectivity index (χ2v) is 8.33. The number of aromatic nitrogens is 1. The van der Waals surface area contributed by atoms with E-state index in [0.717, 1.165) is 24.8 Å². The minimum Gasteiger partial charge on any atom is -0.497 e. The Labute approximate surface area is 175 Å². The highest BCUT2D eigenvalue weighted by Gasteiger charge is 2.53. The number of benzene rings is 1. The van der Waals surface area contributed by atoms with Crippen molar-refractivity contribution >= 4 is 17.5 Å². The Hall–Kier alpha value is -3.15. The SMILES string of the molecule is COc1cccc(C2C3=C(OC4CCC(C)CC4C3=O)C(=O)N2c2ccccn2)c1. The van der Waals surface area contributed by atoms with Crippen molar-refractivity contribution in [3.63, 3.8) is 0 Å². The quantitative estimate of drug-likeness (QED) is 0.778. The first kappa shape index (κ1) is 18.9. The van der Waals surface area contributed by atoms with Gasteiger partial charge in [0.2, 0.25) is 0 Å². The highest BCUT2D eigenvalue weighted by molar-refractivity contribution is 6.17. The van der Waals surface area contributed by atoms with Crippen LogP contribution in [0.2, 0.25) is 0 Å². The monoisotopic (exact) mass is 404 g/mol. The molecule has 2 aromatic rings. The van der Waals surface area contributed by atoms with E-state index in [1.54, 1.807) is 30.3 Å². The van der Waals surface area contributed by atoms with Gasteiger partial charge in [0.1, 0.15) is 17.7 Å². The fraction of sp³-hybridized carbons (Fsp3) is 0.375. The van der Waals surface area contributed by atoms with Gasteiger partial charge in [-0.1, -0.05) is 25.1 Å². The van der Waals surface area contributed by atoms with Crippen LogP contribution in [-0.4, -0.2) is 29.9 Å². The molecule has 5 rings (SSSR count). The predicted octanol–water partition coefficient (Wildman–Crippen LogP) is 3.84. The van der Waals surface area contributed by atoms with Gasteiger partial charge in [-0.2, -0.15) is 0 Å². The van der Waals surface area contributed by atoms with Gasteiger partial charge in [0.05, 0.1) is 24.6 Å². The topological polar surface area (TPSA) is 68.7 Å². The van der Waals surface area contributed by atoms with Crippen LogP contribution in [0.1, 0.15) is 37.8 Å². The van der Waals surface area contributed by atoms with E-state index in [2.05, 4.69) is 11.9 Å². The number of carbonyl (C=O) groups is 2. The Balaban J connectivity index is 1.65. The van der Waals surface area contributed by atoms with Crippen LogP contribution in [0, 0.1) is 11.8 Å². The van der Waals surface area contributed by atoms with Gasteiger partial charge in [-0.15, -0.1) is 0 Å². The molecule has 6 nitrogen and oxygen atoms in total. The van der Waals surface area contributed by atoms with Crippen molar-refractivity contribution in [1.29, 1.82) is 0 Å². The maximum atomic E-state index is 13.7. The van der Waals surface area contributed by atoms with E-state index < -0.39 is 6.04 Å². The van der Waals surface area contributed by atoms with Gasteiger partial charge in [-0.05, 0) is 55.0 Å². The molecule has 3 aliphatic rings. The minimum absolute atomic E-state index is 0.0346. The number of Topliss-reactive ketones (excluding diaryl/α,β-unsaturated/α-hetero) is 1. The maximum absolute atomic E-state index is 13.7. The fourth-order valence-electron chi connectivity index (χ4n) is 4.94. The zero-order chi connectivity index (χ0) is 20.8. The van der Waals surface area contributed by atoms with Crippen LogP contribution in [0.4, 0.5) is 5.82 Å². The molecule has 4 atom stereocenters. The fourth-order valence-corrected chi connectivity index (χ4v) is 4.94. The average Bonchev–Trinajstić information content (AvgIpc) is 3.07. The van der Waals surface area contributed by atoms with E-state index in [-0.39, 0.29) is 29.5 Å². The Morgan fingerprint density at radius 2 is 2.00 bits per heavy atom. The molecule has 154 valence electrons. The first-order chi connectivity index (χ1) is 14.6. The standard InChI is InChI=1S/C24H24N2O4/c1-14-9-10-18-17(12-14)22(27)20-21(15-6-5-7-16(13-15)29-2)26(24(28)23(20)30-18)19-8-3-4-11-25-19/h3-8,11,13-14,17-18,21H,9-10,12H2,1-2H3.